The normalized spacial score (nSPS) is 10.3. The van der Waals surface area contributed by atoms with Crippen LogP contribution in [0.1, 0.15) is 16.1 Å². The topological polar surface area (TPSA) is 57.0 Å². The Labute approximate surface area is 107 Å². The van der Waals surface area contributed by atoms with Crippen LogP contribution in [-0.2, 0) is 7.05 Å². The number of ketones is 1. The Hall–Kier alpha value is -1.69. The predicted molar refractivity (Wildman–Crippen MR) is 65.1 cm³/mol. The molecule has 0 aliphatic heterocycles. The van der Waals surface area contributed by atoms with E-state index >= 15 is 0 Å². The molecule has 0 amide bonds. The number of nitrogens with zero attached hydrogens (tertiary/aromatic N) is 3. The molecule has 0 unspecified atom stereocenters. The van der Waals surface area contributed by atoms with Gasteiger partial charge in [-0.25, -0.2) is 4.68 Å². The van der Waals surface area contributed by atoms with Crippen molar-refractivity contribution < 1.29 is 9.53 Å². The van der Waals surface area contributed by atoms with Gasteiger partial charge in [-0.1, -0.05) is 17.3 Å². The molecular formula is C11H10BrN3O2. The molecular weight excluding hydrogens is 286 g/mol. The fourth-order valence-corrected chi connectivity index (χ4v) is 2.04. The number of carbonyl (C=O) groups excluding carboxylic acids is 1. The van der Waals surface area contributed by atoms with Crippen molar-refractivity contribution >= 4 is 21.7 Å². The zero-order chi connectivity index (χ0) is 12.4. The minimum atomic E-state index is -0.179. The number of ether oxygens (including phenoxy) is 1. The number of benzene rings is 1. The van der Waals surface area contributed by atoms with E-state index in [9.17, 15) is 4.79 Å². The van der Waals surface area contributed by atoms with E-state index in [0.717, 1.165) is 0 Å². The second kappa shape index (κ2) is 4.67. The van der Waals surface area contributed by atoms with Gasteiger partial charge < -0.3 is 4.74 Å². The molecule has 0 saturated heterocycles. The molecule has 0 fully saturated rings. The molecule has 0 saturated carbocycles. The average Bonchev–Trinajstić information content (AvgIpc) is 2.68. The van der Waals surface area contributed by atoms with Gasteiger partial charge in [-0.3, -0.25) is 4.79 Å². The maximum atomic E-state index is 12.3. The summed E-state index contributed by atoms with van der Waals surface area (Å²) in [4.78, 5) is 12.3. The van der Waals surface area contributed by atoms with Gasteiger partial charge in [-0.15, -0.1) is 5.10 Å². The number of methoxy groups -OCH3 is 1. The summed E-state index contributed by atoms with van der Waals surface area (Å²) >= 11 is 3.21. The Bertz CT molecular complexity index is 546. The first-order valence-corrected chi connectivity index (χ1v) is 5.67. The van der Waals surface area contributed by atoms with Crippen LogP contribution < -0.4 is 4.74 Å². The lowest BCUT2D eigenvalue weighted by molar-refractivity contribution is 0.102. The number of carbonyl (C=O) groups is 1. The number of hydrogen-bond donors (Lipinski definition) is 0. The van der Waals surface area contributed by atoms with Gasteiger partial charge in [-0.2, -0.15) is 0 Å². The van der Waals surface area contributed by atoms with Crippen LogP contribution in [0, 0.1) is 0 Å². The van der Waals surface area contributed by atoms with Crippen molar-refractivity contribution in [3.63, 3.8) is 0 Å². The smallest absolute Gasteiger partial charge is 0.217 e. The second-order valence-electron chi connectivity index (χ2n) is 3.38. The monoisotopic (exact) mass is 295 g/mol. The Morgan fingerprint density at radius 3 is 2.71 bits per heavy atom. The van der Waals surface area contributed by atoms with Crippen molar-refractivity contribution in [3.05, 3.63) is 40.1 Å². The lowest BCUT2D eigenvalue weighted by atomic mass is 10.1. The molecule has 6 heteroatoms. The first-order chi connectivity index (χ1) is 8.15. The summed E-state index contributed by atoms with van der Waals surface area (Å²) in [6, 6.07) is 7.05. The van der Waals surface area contributed by atoms with Gasteiger partial charge in [0.1, 0.15) is 11.4 Å². The molecule has 17 heavy (non-hydrogen) atoms. The number of aryl methyl sites for hydroxylation is 1. The van der Waals surface area contributed by atoms with E-state index in [4.69, 9.17) is 4.74 Å². The lowest BCUT2D eigenvalue weighted by Crippen LogP contribution is -2.10. The molecule has 1 heterocycles. The highest BCUT2D eigenvalue weighted by Crippen LogP contribution is 2.23. The summed E-state index contributed by atoms with van der Waals surface area (Å²) in [5.74, 6) is 0.354. The van der Waals surface area contributed by atoms with Crippen molar-refractivity contribution in [1.29, 1.82) is 0 Å². The van der Waals surface area contributed by atoms with Gasteiger partial charge in [-0.05, 0) is 28.1 Å². The van der Waals surface area contributed by atoms with Crippen LogP contribution >= 0.6 is 15.9 Å². The first kappa shape index (κ1) is 11.8. The Balaban J connectivity index is 2.51. The van der Waals surface area contributed by atoms with Crippen molar-refractivity contribution in [1.82, 2.24) is 15.0 Å². The highest BCUT2D eigenvalue weighted by atomic mass is 79.9. The molecule has 88 valence electrons. The quantitative estimate of drug-likeness (QED) is 0.811. The largest absolute Gasteiger partial charge is 0.496 e. The average molecular weight is 296 g/mol. The van der Waals surface area contributed by atoms with Crippen molar-refractivity contribution in [2.24, 2.45) is 7.05 Å². The number of hydrogen-bond acceptors (Lipinski definition) is 4. The van der Waals surface area contributed by atoms with Crippen molar-refractivity contribution in [3.8, 4) is 5.75 Å². The van der Waals surface area contributed by atoms with Gasteiger partial charge in [0.25, 0.3) is 0 Å². The molecule has 0 aliphatic rings. The van der Waals surface area contributed by atoms with Crippen LogP contribution in [0.5, 0.6) is 5.75 Å². The second-order valence-corrected chi connectivity index (χ2v) is 4.13. The molecule has 1 aromatic heterocycles. The van der Waals surface area contributed by atoms with E-state index < -0.39 is 0 Å². The van der Waals surface area contributed by atoms with Crippen LogP contribution in [0.25, 0.3) is 0 Å². The maximum absolute atomic E-state index is 12.3. The van der Waals surface area contributed by atoms with Crippen molar-refractivity contribution in [2.45, 2.75) is 0 Å². The summed E-state index contributed by atoms with van der Waals surface area (Å²) in [7, 11) is 3.20. The zero-order valence-corrected chi connectivity index (χ0v) is 10.9. The molecule has 0 bridgehead atoms. The highest BCUT2D eigenvalue weighted by Gasteiger charge is 2.21. The van der Waals surface area contributed by atoms with Crippen LogP contribution in [0.15, 0.2) is 28.9 Å². The fourth-order valence-electron chi connectivity index (χ4n) is 1.53. The molecule has 1 aromatic carbocycles. The van der Waals surface area contributed by atoms with E-state index in [1.165, 1.54) is 11.8 Å². The third kappa shape index (κ3) is 2.08. The van der Waals surface area contributed by atoms with Gasteiger partial charge in [0.05, 0.1) is 12.7 Å². The van der Waals surface area contributed by atoms with Crippen molar-refractivity contribution in [2.75, 3.05) is 7.11 Å². The van der Waals surface area contributed by atoms with Crippen LogP contribution in [0.4, 0.5) is 0 Å². The maximum Gasteiger partial charge on any atom is 0.217 e. The number of aromatic nitrogens is 3. The Morgan fingerprint density at radius 2 is 2.12 bits per heavy atom. The molecule has 2 aromatic rings. The SMILES string of the molecule is COc1ccccc1C(=O)c1c(Br)nnn1C. The molecule has 0 atom stereocenters. The van der Waals surface area contributed by atoms with Crippen LogP contribution in [0.2, 0.25) is 0 Å². The van der Waals surface area contributed by atoms with E-state index in [1.54, 1.807) is 25.2 Å². The molecule has 0 spiro atoms. The standard InChI is InChI=1S/C11H10BrN3O2/c1-15-9(11(12)13-14-15)10(16)7-5-3-4-6-8(7)17-2/h3-6H,1-2H3. The van der Waals surface area contributed by atoms with Gasteiger partial charge in [0.15, 0.2) is 4.60 Å². The summed E-state index contributed by atoms with van der Waals surface area (Å²) in [6.45, 7) is 0. The molecule has 0 N–H and O–H groups in total. The minimum absolute atomic E-state index is 0.179. The van der Waals surface area contributed by atoms with Gasteiger partial charge >= 0.3 is 0 Å². The number of rotatable bonds is 3. The Kier molecular flexibility index (Phi) is 3.23. The van der Waals surface area contributed by atoms with Crippen LogP contribution in [0.3, 0.4) is 0 Å². The molecule has 5 nitrogen and oxygen atoms in total. The summed E-state index contributed by atoms with van der Waals surface area (Å²) in [6.07, 6.45) is 0. The fraction of sp³-hybridized carbons (Fsp3) is 0.182. The van der Waals surface area contributed by atoms with Crippen LogP contribution in [-0.4, -0.2) is 27.9 Å². The number of halogens is 1. The molecule has 2 rings (SSSR count). The van der Waals surface area contributed by atoms with E-state index in [-0.39, 0.29) is 5.78 Å². The Morgan fingerprint density at radius 1 is 1.41 bits per heavy atom. The number of para-hydroxylation sites is 1. The summed E-state index contributed by atoms with van der Waals surface area (Å²) < 4.78 is 7.01. The van der Waals surface area contributed by atoms with E-state index in [1.807, 2.05) is 6.07 Å². The molecule has 0 radical (unpaired) electrons. The summed E-state index contributed by atoms with van der Waals surface area (Å²) in [5, 5.41) is 7.56. The lowest BCUT2D eigenvalue weighted by Gasteiger charge is -2.06. The van der Waals surface area contributed by atoms with E-state index in [2.05, 4.69) is 26.2 Å². The highest BCUT2D eigenvalue weighted by molar-refractivity contribution is 9.10. The van der Waals surface area contributed by atoms with Gasteiger partial charge in [0.2, 0.25) is 5.78 Å². The van der Waals surface area contributed by atoms with E-state index in [0.29, 0.717) is 21.6 Å². The minimum Gasteiger partial charge on any atom is -0.496 e. The summed E-state index contributed by atoms with van der Waals surface area (Å²) in [5.41, 5.74) is 0.885. The first-order valence-electron chi connectivity index (χ1n) is 4.88. The van der Waals surface area contributed by atoms with Gasteiger partial charge in [0, 0.05) is 7.05 Å². The predicted octanol–water partition coefficient (Wildman–Crippen LogP) is 1.82. The third-order valence-corrected chi connectivity index (χ3v) is 2.89. The molecule has 0 aliphatic carbocycles. The third-order valence-electron chi connectivity index (χ3n) is 2.35. The zero-order valence-electron chi connectivity index (χ0n) is 9.35.